The van der Waals surface area contributed by atoms with Crippen LogP contribution in [0, 0.1) is 11.7 Å². The third-order valence-corrected chi connectivity index (χ3v) is 4.15. The van der Waals surface area contributed by atoms with Crippen molar-refractivity contribution in [2.75, 3.05) is 6.54 Å². The molecule has 1 aliphatic rings. The lowest BCUT2D eigenvalue weighted by molar-refractivity contribution is 0.0948. The van der Waals surface area contributed by atoms with E-state index in [0.29, 0.717) is 18.0 Å². The molecule has 0 saturated heterocycles. The van der Waals surface area contributed by atoms with Crippen LogP contribution in [0.3, 0.4) is 0 Å². The fourth-order valence-electron chi connectivity index (χ4n) is 2.21. The molecule has 1 aromatic rings. The molecular weight excluding hydrogens is 276 g/mol. The van der Waals surface area contributed by atoms with Gasteiger partial charge < -0.3 is 5.32 Å². The minimum absolute atomic E-state index is 0.126. The third-order valence-electron chi connectivity index (χ3n) is 3.27. The van der Waals surface area contributed by atoms with Gasteiger partial charge in [0.2, 0.25) is 0 Å². The molecule has 2 rings (SSSR count). The lowest BCUT2D eigenvalue weighted by Gasteiger charge is -2.14. The van der Waals surface area contributed by atoms with Crippen molar-refractivity contribution in [1.82, 2.24) is 5.32 Å². The summed E-state index contributed by atoms with van der Waals surface area (Å²) in [5.74, 6) is -0.418. The molecule has 18 heavy (non-hydrogen) atoms. The van der Waals surface area contributed by atoms with Gasteiger partial charge in [0.1, 0.15) is 5.82 Å². The number of nitrogens with one attached hydrogen (secondary N) is 1. The summed E-state index contributed by atoms with van der Waals surface area (Å²) in [7, 11) is 0. The SMILES string of the molecule is O=C(NCC1CCCC1Cl)c1ccc(F)cc1Cl. The van der Waals surface area contributed by atoms with Crippen LogP contribution in [0.4, 0.5) is 4.39 Å². The van der Waals surface area contributed by atoms with Gasteiger partial charge in [-0.2, -0.15) is 0 Å². The number of amides is 1. The molecule has 1 amide bonds. The van der Waals surface area contributed by atoms with Crippen molar-refractivity contribution in [3.05, 3.63) is 34.6 Å². The summed E-state index contributed by atoms with van der Waals surface area (Å²) in [6, 6.07) is 3.75. The molecule has 0 aliphatic heterocycles. The smallest absolute Gasteiger partial charge is 0.252 e. The quantitative estimate of drug-likeness (QED) is 0.846. The first-order valence-corrected chi connectivity index (χ1v) is 6.76. The van der Waals surface area contributed by atoms with E-state index in [1.807, 2.05) is 0 Å². The Balaban J connectivity index is 1.95. The van der Waals surface area contributed by atoms with Gasteiger partial charge in [-0.3, -0.25) is 4.79 Å². The molecule has 2 unspecified atom stereocenters. The van der Waals surface area contributed by atoms with Crippen molar-refractivity contribution in [1.29, 1.82) is 0 Å². The van der Waals surface area contributed by atoms with Gasteiger partial charge in [-0.15, -0.1) is 11.6 Å². The van der Waals surface area contributed by atoms with E-state index in [-0.39, 0.29) is 16.3 Å². The maximum atomic E-state index is 12.9. The Bertz CT molecular complexity index is 453. The molecule has 1 aliphatic carbocycles. The van der Waals surface area contributed by atoms with Crippen LogP contribution in [0.1, 0.15) is 29.6 Å². The summed E-state index contributed by atoms with van der Waals surface area (Å²) in [4.78, 5) is 11.9. The van der Waals surface area contributed by atoms with Crippen LogP contribution in [-0.4, -0.2) is 17.8 Å². The average Bonchev–Trinajstić information content (AvgIpc) is 2.72. The second kappa shape index (κ2) is 5.89. The zero-order valence-corrected chi connectivity index (χ0v) is 11.3. The fourth-order valence-corrected chi connectivity index (χ4v) is 2.84. The van der Waals surface area contributed by atoms with Gasteiger partial charge >= 0.3 is 0 Å². The van der Waals surface area contributed by atoms with E-state index in [1.165, 1.54) is 12.1 Å². The molecule has 1 saturated carbocycles. The highest BCUT2D eigenvalue weighted by Crippen LogP contribution is 2.29. The van der Waals surface area contributed by atoms with Crippen molar-refractivity contribution in [2.45, 2.75) is 24.6 Å². The van der Waals surface area contributed by atoms with Crippen LogP contribution in [0.2, 0.25) is 5.02 Å². The second-order valence-corrected chi connectivity index (χ2v) is 5.51. The Hall–Kier alpha value is -0.800. The highest BCUT2D eigenvalue weighted by Gasteiger charge is 2.25. The fraction of sp³-hybridized carbons (Fsp3) is 0.462. The molecule has 98 valence electrons. The molecule has 1 aromatic carbocycles. The highest BCUT2D eigenvalue weighted by atomic mass is 35.5. The number of alkyl halides is 1. The minimum atomic E-state index is -0.451. The minimum Gasteiger partial charge on any atom is -0.352 e. The Morgan fingerprint density at radius 1 is 1.44 bits per heavy atom. The topological polar surface area (TPSA) is 29.1 Å². The number of carbonyl (C=O) groups is 1. The van der Waals surface area contributed by atoms with Gasteiger partial charge in [0.05, 0.1) is 10.6 Å². The predicted octanol–water partition coefficient (Wildman–Crippen LogP) is 3.62. The van der Waals surface area contributed by atoms with Crippen molar-refractivity contribution < 1.29 is 9.18 Å². The van der Waals surface area contributed by atoms with Crippen molar-refractivity contribution in [3.63, 3.8) is 0 Å². The molecule has 0 aromatic heterocycles. The Labute approximate surface area is 115 Å². The second-order valence-electron chi connectivity index (χ2n) is 4.54. The van der Waals surface area contributed by atoms with Crippen molar-refractivity contribution in [2.24, 2.45) is 5.92 Å². The molecule has 1 fully saturated rings. The van der Waals surface area contributed by atoms with E-state index in [0.717, 1.165) is 25.3 Å². The molecule has 0 heterocycles. The van der Waals surface area contributed by atoms with E-state index in [9.17, 15) is 9.18 Å². The zero-order chi connectivity index (χ0) is 13.1. The van der Waals surface area contributed by atoms with Gasteiger partial charge in [-0.1, -0.05) is 18.0 Å². The van der Waals surface area contributed by atoms with Crippen LogP contribution in [0.25, 0.3) is 0 Å². The number of hydrogen-bond donors (Lipinski definition) is 1. The summed E-state index contributed by atoms with van der Waals surface area (Å²) in [6.07, 6.45) is 3.14. The maximum Gasteiger partial charge on any atom is 0.252 e. The Morgan fingerprint density at radius 2 is 2.22 bits per heavy atom. The summed E-state index contributed by atoms with van der Waals surface area (Å²) in [6.45, 7) is 0.542. The third kappa shape index (κ3) is 3.15. The lowest BCUT2D eigenvalue weighted by Crippen LogP contribution is -2.31. The summed E-state index contributed by atoms with van der Waals surface area (Å²) in [5.41, 5.74) is 0.294. The molecule has 2 atom stereocenters. The number of hydrogen-bond acceptors (Lipinski definition) is 1. The number of carbonyl (C=O) groups excluding carboxylic acids is 1. The largest absolute Gasteiger partial charge is 0.352 e. The van der Waals surface area contributed by atoms with E-state index in [4.69, 9.17) is 23.2 Å². The van der Waals surface area contributed by atoms with E-state index in [2.05, 4.69) is 5.32 Å². The zero-order valence-electron chi connectivity index (χ0n) is 9.76. The van der Waals surface area contributed by atoms with Gasteiger partial charge in [0.15, 0.2) is 0 Å². The van der Waals surface area contributed by atoms with E-state index in [1.54, 1.807) is 0 Å². The van der Waals surface area contributed by atoms with Crippen molar-refractivity contribution >= 4 is 29.1 Å². The van der Waals surface area contributed by atoms with Crippen LogP contribution in [0.15, 0.2) is 18.2 Å². The van der Waals surface area contributed by atoms with Crippen molar-refractivity contribution in [3.8, 4) is 0 Å². The van der Waals surface area contributed by atoms with Crippen LogP contribution < -0.4 is 5.32 Å². The van der Waals surface area contributed by atoms with Crippen LogP contribution >= 0.6 is 23.2 Å². The first-order chi connectivity index (χ1) is 8.58. The molecule has 1 N–H and O–H groups in total. The molecule has 0 bridgehead atoms. The van der Waals surface area contributed by atoms with Gasteiger partial charge in [-0.25, -0.2) is 4.39 Å². The normalized spacial score (nSPS) is 23.1. The maximum absolute atomic E-state index is 12.9. The first-order valence-electron chi connectivity index (χ1n) is 5.95. The lowest BCUT2D eigenvalue weighted by atomic mass is 10.1. The van der Waals surface area contributed by atoms with Gasteiger partial charge in [0.25, 0.3) is 5.91 Å². The summed E-state index contributed by atoms with van der Waals surface area (Å²) < 4.78 is 12.9. The van der Waals surface area contributed by atoms with Crippen LogP contribution in [0.5, 0.6) is 0 Å². The standard InChI is InChI=1S/C13H14Cl2FNO/c14-11-3-1-2-8(11)7-17-13(18)10-5-4-9(16)6-12(10)15/h4-6,8,11H,1-3,7H2,(H,17,18). The van der Waals surface area contributed by atoms with E-state index < -0.39 is 5.82 Å². The van der Waals surface area contributed by atoms with Crippen LogP contribution in [-0.2, 0) is 0 Å². The van der Waals surface area contributed by atoms with Gasteiger partial charge in [-0.05, 0) is 37.0 Å². The Kier molecular flexibility index (Phi) is 4.46. The molecule has 0 radical (unpaired) electrons. The molecule has 5 heteroatoms. The monoisotopic (exact) mass is 289 g/mol. The number of benzene rings is 1. The summed E-state index contributed by atoms with van der Waals surface area (Å²) in [5, 5.41) is 3.06. The molecular formula is C13H14Cl2FNO. The average molecular weight is 290 g/mol. The summed E-state index contributed by atoms with van der Waals surface area (Å²) >= 11 is 12.0. The number of halogens is 3. The van der Waals surface area contributed by atoms with Gasteiger partial charge in [0, 0.05) is 11.9 Å². The van der Waals surface area contributed by atoms with E-state index >= 15 is 0 Å². The highest BCUT2D eigenvalue weighted by molar-refractivity contribution is 6.33. The molecule has 0 spiro atoms. The Morgan fingerprint density at radius 3 is 2.83 bits per heavy atom. The first kappa shape index (κ1) is 13.6. The number of rotatable bonds is 3. The predicted molar refractivity (Wildman–Crippen MR) is 70.7 cm³/mol. The molecule has 2 nitrogen and oxygen atoms in total.